The van der Waals surface area contributed by atoms with Crippen LogP contribution in [0.1, 0.15) is 11.1 Å². The van der Waals surface area contributed by atoms with Crippen LogP contribution in [0.2, 0.25) is 15.1 Å². The third kappa shape index (κ3) is 4.03. The minimum absolute atomic E-state index is 0.448. The van der Waals surface area contributed by atoms with Crippen LogP contribution in [-0.4, -0.2) is 7.11 Å². The molecule has 0 aliphatic heterocycles. The standard InChI is InChI=1S/C15H14Cl3NO/c1-20-9-11-4-2-3-10(5-11)8-19-15-7-13(17)12(16)6-14(15)18/h2-7,19H,8-9H2,1H3. The molecular formula is C15H14Cl3NO. The zero-order valence-electron chi connectivity index (χ0n) is 10.9. The molecule has 2 aromatic carbocycles. The Morgan fingerprint density at radius 2 is 1.65 bits per heavy atom. The minimum atomic E-state index is 0.448. The molecule has 0 amide bonds. The Hall–Kier alpha value is -0.930. The number of hydrogen-bond donors (Lipinski definition) is 1. The van der Waals surface area contributed by atoms with E-state index in [1.807, 2.05) is 18.2 Å². The summed E-state index contributed by atoms with van der Waals surface area (Å²) in [6.07, 6.45) is 0. The molecule has 5 heteroatoms. The zero-order valence-corrected chi connectivity index (χ0v) is 13.2. The lowest BCUT2D eigenvalue weighted by molar-refractivity contribution is 0.185. The molecule has 0 radical (unpaired) electrons. The Labute approximate surface area is 133 Å². The van der Waals surface area contributed by atoms with Gasteiger partial charge in [0, 0.05) is 13.7 Å². The summed E-state index contributed by atoms with van der Waals surface area (Å²) in [6, 6.07) is 11.5. The molecule has 0 bridgehead atoms. The van der Waals surface area contributed by atoms with Gasteiger partial charge < -0.3 is 10.1 Å². The van der Waals surface area contributed by atoms with Crippen molar-refractivity contribution in [2.45, 2.75) is 13.2 Å². The van der Waals surface area contributed by atoms with Crippen molar-refractivity contribution in [2.75, 3.05) is 12.4 Å². The molecule has 20 heavy (non-hydrogen) atoms. The summed E-state index contributed by atoms with van der Waals surface area (Å²) in [7, 11) is 1.68. The highest BCUT2D eigenvalue weighted by molar-refractivity contribution is 6.44. The maximum atomic E-state index is 6.12. The van der Waals surface area contributed by atoms with Crippen LogP contribution >= 0.6 is 34.8 Å². The summed E-state index contributed by atoms with van der Waals surface area (Å²) in [5.41, 5.74) is 3.03. The van der Waals surface area contributed by atoms with Gasteiger partial charge in [0.1, 0.15) is 0 Å². The van der Waals surface area contributed by atoms with Crippen LogP contribution in [0, 0.1) is 0 Å². The van der Waals surface area contributed by atoms with Crippen LogP contribution < -0.4 is 5.32 Å². The molecule has 1 N–H and O–H groups in total. The van der Waals surface area contributed by atoms with E-state index in [0.29, 0.717) is 28.2 Å². The molecule has 2 nitrogen and oxygen atoms in total. The van der Waals surface area contributed by atoms with Gasteiger partial charge in [-0.25, -0.2) is 0 Å². The highest BCUT2D eigenvalue weighted by Gasteiger charge is 2.06. The number of halogens is 3. The smallest absolute Gasteiger partial charge is 0.0713 e. The third-order valence-corrected chi connectivity index (χ3v) is 3.83. The lowest BCUT2D eigenvalue weighted by Crippen LogP contribution is -2.01. The van der Waals surface area contributed by atoms with Crippen molar-refractivity contribution in [3.63, 3.8) is 0 Å². The quantitative estimate of drug-likeness (QED) is 0.741. The van der Waals surface area contributed by atoms with Gasteiger partial charge in [-0.2, -0.15) is 0 Å². The van der Waals surface area contributed by atoms with Gasteiger partial charge >= 0.3 is 0 Å². The number of anilines is 1. The molecule has 0 spiro atoms. The van der Waals surface area contributed by atoms with Gasteiger partial charge in [0.25, 0.3) is 0 Å². The average Bonchev–Trinajstić information content (AvgIpc) is 2.42. The summed E-state index contributed by atoms with van der Waals surface area (Å²) < 4.78 is 5.12. The number of nitrogens with one attached hydrogen (secondary N) is 1. The molecule has 0 unspecified atom stereocenters. The van der Waals surface area contributed by atoms with Gasteiger partial charge in [0.2, 0.25) is 0 Å². The number of methoxy groups -OCH3 is 1. The van der Waals surface area contributed by atoms with Crippen LogP contribution in [0.4, 0.5) is 5.69 Å². The molecule has 2 aromatic rings. The van der Waals surface area contributed by atoms with Crippen molar-refractivity contribution >= 4 is 40.5 Å². The van der Waals surface area contributed by atoms with Gasteiger partial charge in [0.15, 0.2) is 0 Å². The molecular weight excluding hydrogens is 317 g/mol. The van der Waals surface area contributed by atoms with E-state index in [1.54, 1.807) is 19.2 Å². The maximum Gasteiger partial charge on any atom is 0.0713 e. The largest absolute Gasteiger partial charge is 0.380 e. The van der Waals surface area contributed by atoms with E-state index in [1.165, 1.54) is 0 Å². The SMILES string of the molecule is COCc1cccc(CNc2cc(Cl)c(Cl)cc2Cl)c1. The van der Waals surface area contributed by atoms with Gasteiger partial charge in [0.05, 0.1) is 27.4 Å². The van der Waals surface area contributed by atoms with Crippen molar-refractivity contribution in [2.24, 2.45) is 0 Å². The van der Waals surface area contributed by atoms with Crippen molar-refractivity contribution in [3.8, 4) is 0 Å². The topological polar surface area (TPSA) is 21.3 Å². The van der Waals surface area contributed by atoms with E-state index in [0.717, 1.165) is 16.8 Å². The van der Waals surface area contributed by atoms with Crippen molar-refractivity contribution in [1.82, 2.24) is 0 Å². The first kappa shape index (κ1) is 15.5. The molecule has 106 valence electrons. The normalized spacial score (nSPS) is 10.6. The van der Waals surface area contributed by atoms with Crippen LogP contribution in [0.5, 0.6) is 0 Å². The second-order valence-electron chi connectivity index (χ2n) is 4.35. The number of benzene rings is 2. The average molecular weight is 331 g/mol. The fraction of sp³-hybridized carbons (Fsp3) is 0.200. The highest BCUT2D eigenvalue weighted by Crippen LogP contribution is 2.32. The second kappa shape index (κ2) is 7.19. The lowest BCUT2D eigenvalue weighted by atomic mass is 10.1. The third-order valence-electron chi connectivity index (χ3n) is 2.80. The molecule has 0 saturated carbocycles. The Morgan fingerprint density at radius 1 is 0.950 bits per heavy atom. The fourth-order valence-electron chi connectivity index (χ4n) is 1.85. The number of rotatable bonds is 5. The van der Waals surface area contributed by atoms with E-state index < -0.39 is 0 Å². The van der Waals surface area contributed by atoms with E-state index in [9.17, 15) is 0 Å². The maximum absolute atomic E-state index is 6.12. The zero-order chi connectivity index (χ0) is 14.5. The summed E-state index contributed by atoms with van der Waals surface area (Å²) in [5, 5.41) is 4.73. The van der Waals surface area contributed by atoms with Crippen LogP contribution in [-0.2, 0) is 17.9 Å². The minimum Gasteiger partial charge on any atom is -0.380 e. The van der Waals surface area contributed by atoms with Gasteiger partial charge in [-0.05, 0) is 23.3 Å². The Balaban J connectivity index is 2.08. The molecule has 0 atom stereocenters. The van der Waals surface area contributed by atoms with E-state index >= 15 is 0 Å². The first-order valence-electron chi connectivity index (χ1n) is 6.05. The Kier molecular flexibility index (Phi) is 5.55. The lowest BCUT2D eigenvalue weighted by Gasteiger charge is -2.11. The number of hydrogen-bond acceptors (Lipinski definition) is 2. The number of ether oxygens (including phenoxy) is 1. The second-order valence-corrected chi connectivity index (χ2v) is 5.57. The Bertz CT molecular complexity index is 602. The molecule has 0 aliphatic rings. The molecule has 2 rings (SSSR count). The van der Waals surface area contributed by atoms with E-state index in [2.05, 4.69) is 11.4 Å². The summed E-state index contributed by atoms with van der Waals surface area (Å²) >= 11 is 18.0. The van der Waals surface area contributed by atoms with E-state index in [4.69, 9.17) is 39.5 Å². The molecule has 0 saturated heterocycles. The molecule has 0 heterocycles. The summed E-state index contributed by atoms with van der Waals surface area (Å²) in [5.74, 6) is 0. The molecule has 0 fully saturated rings. The summed E-state index contributed by atoms with van der Waals surface area (Å²) in [6.45, 7) is 1.25. The van der Waals surface area contributed by atoms with Crippen molar-refractivity contribution in [1.29, 1.82) is 0 Å². The first-order chi connectivity index (χ1) is 9.60. The van der Waals surface area contributed by atoms with Crippen molar-refractivity contribution in [3.05, 3.63) is 62.6 Å². The van der Waals surface area contributed by atoms with Gasteiger partial charge in [-0.3, -0.25) is 0 Å². The van der Waals surface area contributed by atoms with E-state index in [-0.39, 0.29) is 0 Å². The van der Waals surface area contributed by atoms with Crippen LogP contribution in [0.25, 0.3) is 0 Å². The predicted molar refractivity (Wildman–Crippen MR) is 86.0 cm³/mol. The van der Waals surface area contributed by atoms with Crippen LogP contribution in [0.3, 0.4) is 0 Å². The van der Waals surface area contributed by atoms with Gasteiger partial charge in [-0.1, -0.05) is 59.1 Å². The highest BCUT2D eigenvalue weighted by atomic mass is 35.5. The molecule has 0 aliphatic carbocycles. The summed E-state index contributed by atoms with van der Waals surface area (Å²) in [4.78, 5) is 0. The Morgan fingerprint density at radius 3 is 2.40 bits per heavy atom. The first-order valence-corrected chi connectivity index (χ1v) is 7.18. The van der Waals surface area contributed by atoms with Crippen molar-refractivity contribution < 1.29 is 4.74 Å². The molecule has 0 aromatic heterocycles. The van der Waals surface area contributed by atoms with Crippen LogP contribution in [0.15, 0.2) is 36.4 Å². The predicted octanol–water partition coefficient (Wildman–Crippen LogP) is 5.41. The fourth-order valence-corrected chi connectivity index (χ4v) is 2.47. The van der Waals surface area contributed by atoms with Gasteiger partial charge in [-0.15, -0.1) is 0 Å². The monoisotopic (exact) mass is 329 g/mol.